The third-order valence-electron chi connectivity index (χ3n) is 1.77. The van der Waals surface area contributed by atoms with Crippen LogP contribution < -0.4 is 0 Å². The molecule has 0 bridgehead atoms. The molecule has 0 nitrogen and oxygen atoms in total. The maximum atomic E-state index is 12.8. The lowest BCUT2D eigenvalue weighted by Crippen LogP contribution is -2.69. The normalized spacial score (nSPS) is 19.1. The molecule has 0 aromatic rings. The molecule has 0 N–H and O–H groups in total. The van der Waals surface area contributed by atoms with Crippen LogP contribution in [0, 0.1) is 0 Å². The van der Waals surface area contributed by atoms with Gasteiger partial charge in [-0.15, -0.1) is 0 Å². The van der Waals surface area contributed by atoms with Gasteiger partial charge < -0.3 is 0 Å². The van der Waals surface area contributed by atoms with E-state index in [0.29, 0.717) is 0 Å². The average molecular weight is 392 g/mol. The van der Waals surface area contributed by atoms with Crippen LogP contribution in [0.5, 0.6) is 0 Å². The minimum absolute atomic E-state index is 0.0321. The molecule has 0 rings (SSSR count). The van der Waals surface area contributed by atoms with Crippen LogP contribution in [0.1, 0.15) is 6.92 Å². The molecule has 0 aromatic carbocycles. The maximum absolute atomic E-state index is 12.8. The highest BCUT2D eigenvalue weighted by Gasteiger charge is 2.88. The number of alkyl halides is 11. The molecule has 0 heterocycles. The fourth-order valence-electron chi connectivity index (χ4n) is 0.819. The highest BCUT2D eigenvalue weighted by atomic mass is 127. The molecule has 0 aliphatic heterocycles. The third-order valence-corrected chi connectivity index (χ3v) is 2.44. The molecule has 0 aliphatic carbocycles. The van der Waals surface area contributed by atoms with Crippen LogP contribution in [0.4, 0.5) is 43.9 Å². The Hall–Kier alpha value is 0.0300. The van der Waals surface area contributed by atoms with Crippen LogP contribution in [0.3, 0.4) is 0 Å². The van der Waals surface area contributed by atoms with Gasteiger partial charge in [0.1, 0.15) is 0 Å². The van der Waals surface area contributed by atoms with Crippen molar-refractivity contribution in [1.29, 1.82) is 0 Å². The van der Waals surface area contributed by atoms with Crippen LogP contribution in [-0.4, -0.2) is 27.6 Å². The van der Waals surface area contributed by atoms with Crippen molar-refractivity contribution in [1.82, 2.24) is 0 Å². The number of halogens is 11. The van der Waals surface area contributed by atoms with Gasteiger partial charge >= 0.3 is 23.9 Å². The van der Waals surface area contributed by atoms with E-state index in [0.717, 1.165) is 0 Å². The Morgan fingerprint density at radius 3 is 0.941 bits per heavy atom. The van der Waals surface area contributed by atoms with Gasteiger partial charge in [-0.1, -0.05) is 0 Å². The first kappa shape index (κ1) is 17.0. The van der Waals surface area contributed by atoms with Gasteiger partial charge in [0.15, 0.2) is 0 Å². The highest BCUT2D eigenvalue weighted by molar-refractivity contribution is 14.1. The smallest absolute Gasteiger partial charge is 0.226 e. The van der Waals surface area contributed by atoms with Crippen molar-refractivity contribution in [3.63, 3.8) is 0 Å². The van der Waals surface area contributed by atoms with Crippen LogP contribution in [-0.2, 0) is 0 Å². The number of hydrogen-bond donors (Lipinski definition) is 0. The van der Waals surface area contributed by atoms with E-state index in [9.17, 15) is 43.9 Å². The predicted octanol–water partition coefficient (Wildman–Crippen LogP) is 4.58. The zero-order chi connectivity index (χ0) is 14.5. The molecule has 0 saturated carbocycles. The van der Waals surface area contributed by atoms with Crippen molar-refractivity contribution in [2.75, 3.05) is 0 Å². The van der Waals surface area contributed by atoms with Gasteiger partial charge in [-0.3, -0.25) is 0 Å². The van der Waals surface area contributed by atoms with Gasteiger partial charge in [-0.25, -0.2) is 8.78 Å². The topological polar surface area (TPSA) is 0 Å². The largest absolute Gasteiger partial charge is 0.437 e. The minimum atomic E-state index is -7.01. The predicted molar refractivity (Wildman–Crippen MR) is 44.4 cm³/mol. The van der Waals surface area contributed by atoms with Crippen molar-refractivity contribution >= 4 is 22.6 Å². The maximum Gasteiger partial charge on any atom is 0.437 e. The first-order valence-electron chi connectivity index (χ1n) is 3.58. The Balaban J connectivity index is 6.04. The summed E-state index contributed by atoms with van der Waals surface area (Å²) in [7, 11) is 0. The molecular weight excluding hydrogens is 389 g/mol. The standard InChI is InChI=1S/C6H3F10I/c1-2(7,17)4(9,10)3(8,5(11,12)13)6(14,15)16/h1H3. The Labute approximate surface area is 101 Å². The molecule has 11 heteroatoms. The molecule has 0 aromatic heterocycles. The summed E-state index contributed by atoms with van der Waals surface area (Å²) < 4.78 is 118. The second kappa shape index (κ2) is 4.02. The van der Waals surface area contributed by atoms with Gasteiger partial charge in [0.25, 0.3) is 0 Å². The van der Waals surface area contributed by atoms with E-state index in [4.69, 9.17) is 0 Å². The number of rotatable bonds is 2. The third kappa shape index (κ3) is 2.43. The zero-order valence-electron chi connectivity index (χ0n) is 7.66. The van der Waals surface area contributed by atoms with Gasteiger partial charge in [0, 0.05) is 0 Å². The first-order chi connectivity index (χ1) is 7.00. The molecule has 0 radical (unpaired) electrons. The fourth-order valence-corrected chi connectivity index (χ4v) is 1.19. The summed E-state index contributed by atoms with van der Waals surface area (Å²) in [5.41, 5.74) is -6.96. The van der Waals surface area contributed by atoms with Crippen molar-refractivity contribution in [3.8, 4) is 0 Å². The molecule has 1 atom stereocenters. The molecule has 0 fully saturated rings. The van der Waals surface area contributed by atoms with Gasteiger partial charge in [-0.2, -0.15) is 35.1 Å². The molecule has 0 amide bonds. The number of hydrogen-bond acceptors (Lipinski definition) is 0. The Kier molecular flexibility index (Phi) is 4.02. The van der Waals surface area contributed by atoms with Crippen molar-refractivity contribution in [2.24, 2.45) is 0 Å². The molecular formula is C6H3F10I. The van der Waals surface area contributed by atoms with E-state index < -0.39 is 27.6 Å². The van der Waals surface area contributed by atoms with E-state index >= 15 is 0 Å². The summed E-state index contributed by atoms with van der Waals surface area (Å²) in [6, 6.07) is 0. The average Bonchev–Trinajstić information content (AvgIpc) is 1.95. The fraction of sp³-hybridized carbons (Fsp3) is 1.00. The Morgan fingerprint density at radius 1 is 0.647 bits per heavy atom. The Bertz CT molecular complexity index is 267. The molecule has 0 aliphatic rings. The van der Waals surface area contributed by atoms with E-state index in [2.05, 4.69) is 0 Å². The van der Waals surface area contributed by atoms with Crippen molar-refractivity contribution < 1.29 is 43.9 Å². The van der Waals surface area contributed by atoms with Gasteiger partial charge in [-0.05, 0) is 29.5 Å². The monoisotopic (exact) mass is 392 g/mol. The Morgan fingerprint density at radius 2 is 0.882 bits per heavy atom. The minimum Gasteiger partial charge on any atom is -0.226 e. The van der Waals surface area contributed by atoms with Gasteiger partial charge in [0.05, 0.1) is 0 Å². The summed E-state index contributed by atoms with van der Waals surface area (Å²) in [6.45, 7) is -0.292. The molecule has 104 valence electrons. The van der Waals surface area contributed by atoms with E-state index in [1.165, 1.54) is 0 Å². The molecule has 1 unspecified atom stereocenters. The lowest BCUT2D eigenvalue weighted by Gasteiger charge is -2.39. The summed E-state index contributed by atoms with van der Waals surface area (Å²) in [5.74, 6) is -6.34. The van der Waals surface area contributed by atoms with Crippen LogP contribution in [0.2, 0.25) is 0 Å². The SMILES string of the molecule is CC(F)(I)C(F)(F)C(F)(C(F)(F)F)C(F)(F)F. The van der Waals surface area contributed by atoms with Crippen molar-refractivity contribution in [2.45, 2.75) is 34.5 Å². The molecule has 0 saturated heterocycles. The van der Waals surface area contributed by atoms with E-state index in [1.807, 2.05) is 0 Å². The van der Waals surface area contributed by atoms with Crippen LogP contribution in [0.15, 0.2) is 0 Å². The summed E-state index contributed by atoms with van der Waals surface area (Å²) in [4.78, 5) is 0. The lowest BCUT2D eigenvalue weighted by molar-refractivity contribution is -0.405. The van der Waals surface area contributed by atoms with Crippen molar-refractivity contribution in [3.05, 3.63) is 0 Å². The summed E-state index contributed by atoms with van der Waals surface area (Å²) in [5, 5.41) is 0. The second-order valence-electron chi connectivity index (χ2n) is 3.12. The quantitative estimate of drug-likeness (QED) is 0.367. The second-order valence-corrected chi connectivity index (χ2v) is 5.14. The van der Waals surface area contributed by atoms with Crippen LogP contribution in [0.25, 0.3) is 0 Å². The zero-order valence-corrected chi connectivity index (χ0v) is 9.82. The highest BCUT2D eigenvalue weighted by Crippen LogP contribution is 2.59. The summed E-state index contributed by atoms with van der Waals surface area (Å²) >= 11 is -0.0321. The van der Waals surface area contributed by atoms with Gasteiger partial charge in [0.2, 0.25) is 3.68 Å². The van der Waals surface area contributed by atoms with Crippen LogP contribution >= 0.6 is 22.6 Å². The first-order valence-corrected chi connectivity index (χ1v) is 4.66. The summed E-state index contributed by atoms with van der Waals surface area (Å²) in [6.07, 6.45) is -14.0. The lowest BCUT2D eigenvalue weighted by atomic mass is 9.93. The van der Waals surface area contributed by atoms with E-state index in [-0.39, 0.29) is 29.5 Å². The van der Waals surface area contributed by atoms with E-state index in [1.54, 1.807) is 0 Å². The molecule has 0 spiro atoms. The molecule has 17 heavy (non-hydrogen) atoms.